The Labute approximate surface area is 171 Å². The number of urea groups is 1. The molecule has 1 saturated carbocycles. The first kappa shape index (κ1) is 18.9. The summed E-state index contributed by atoms with van der Waals surface area (Å²) < 4.78 is 0. The van der Waals surface area contributed by atoms with E-state index in [4.69, 9.17) is 11.6 Å². The van der Waals surface area contributed by atoms with E-state index in [2.05, 4.69) is 25.7 Å². The van der Waals surface area contributed by atoms with Crippen LogP contribution in [0.5, 0.6) is 0 Å². The first-order valence-electron chi connectivity index (χ1n) is 9.25. The van der Waals surface area contributed by atoms with Crippen molar-refractivity contribution in [3.05, 3.63) is 34.3 Å². The molecule has 0 unspecified atom stereocenters. The Hall–Kier alpha value is -2.39. The average molecular weight is 421 g/mol. The number of halogens is 1. The maximum Gasteiger partial charge on any atom is 0.317 e. The van der Waals surface area contributed by atoms with Crippen molar-refractivity contribution in [2.24, 2.45) is 0 Å². The predicted octanol–water partition coefficient (Wildman–Crippen LogP) is 2.54. The number of benzene rings is 1. The summed E-state index contributed by atoms with van der Waals surface area (Å²) >= 11 is 7.45. The van der Waals surface area contributed by atoms with Gasteiger partial charge in [0.05, 0.1) is 6.54 Å². The maximum absolute atomic E-state index is 12.3. The molecule has 2 fully saturated rings. The van der Waals surface area contributed by atoms with Gasteiger partial charge in [0, 0.05) is 42.8 Å². The molecule has 10 heteroatoms. The summed E-state index contributed by atoms with van der Waals surface area (Å²) in [7, 11) is 0. The molecule has 1 aromatic heterocycles. The molecule has 1 aliphatic carbocycles. The number of amides is 3. The van der Waals surface area contributed by atoms with Crippen molar-refractivity contribution in [3.63, 3.8) is 0 Å². The minimum absolute atomic E-state index is 0.0916. The Kier molecular flexibility index (Phi) is 5.63. The summed E-state index contributed by atoms with van der Waals surface area (Å²) in [5.41, 5.74) is 1.05. The number of nitrogens with one attached hydrogen (secondary N) is 2. The molecule has 1 saturated heterocycles. The van der Waals surface area contributed by atoms with Gasteiger partial charge in [0.1, 0.15) is 5.01 Å². The molecule has 0 bridgehead atoms. The first-order valence-corrected chi connectivity index (χ1v) is 10.4. The van der Waals surface area contributed by atoms with Gasteiger partial charge in [0.2, 0.25) is 11.0 Å². The van der Waals surface area contributed by atoms with Crippen molar-refractivity contribution < 1.29 is 9.59 Å². The highest BCUT2D eigenvalue weighted by molar-refractivity contribution is 7.15. The molecule has 8 nitrogen and oxygen atoms in total. The number of anilines is 2. The Balaban J connectivity index is 1.20. The van der Waals surface area contributed by atoms with Gasteiger partial charge in [0.15, 0.2) is 0 Å². The largest absolute Gasteiger partial charge is 0.368 e. The summed E-state index contributed by atoms with van der Waals surface area (Å²) in [6.45, 7) is 2.51. The Morgan fingerprint density at radius 1 is 1.18 bits per heavy atom. The van der Waals surface area contributed by atoms with Crippen LogP contribution >= 0.6 is 22.9 Å². The molecule has 2 aliphatic rings. The van der Waals surface area contributed by atoms with Crippen molar-refractivity contribution in [2.75, 3.05) is 42.9 Å². The lowest BCUT2D eigenvalue weighted by atomic mass is 10.2. The molecule has 1 aliphatic heterocycles. The zero-order chi connectivity index (χ0) is 19.5. The van der Waals surface area contributed by atoms with Crippen molar-refractivity contribution in [2.45, 2.75) is 18.8 Å². The van der Waals surface area contributed by atoms with Crippen LogP contribution in [-0.2, 0) is 4.79 Å². The molecule has 3 amide bonds. The third-order valence-corrected chi connectivity index (χ3v) is 5.99. The van der Waals surface area contributed by atoms with E-state index < -0.39 is 0 Å². The first-order chi connectivity index (χ1) is 13.6. The van der Waals surface area contributed by atoms with E-state index >= 15 is 0 Å². The van der Waals surface area contributed by atoms with Crippen molar-refractivity contribution in [1.29, 1.82) is 0 Å². The van der Waals surface area contributed by atoms with E-state index in [0.29, 0.717) is 42.3 Å². The van der Waals surface area contributed by atoms with E-state index in [1.165, 1.54) is 11.3 Å². The van der Waals surface area contributed by atoms with Gasteiger partial charge in [-0.25, -0.2) is 4.79 Å². The maximum atomic E-state index is 12.3. The van der Waals surface area contributed by atoms with Crippen molar-refractivity contribution in [1.82, 2.24) is 20.4 Å². The van der Waals surface area contributed by atoms with Gasteiger partial charge in [-0.2, -0.15) is 0 Å². The normalized spacial score (nSPS) is 16.8. The molecule has 0 spiro atoms. The minimum atomic E-state index is -0.301. The number of carbonyl (C=O) groups excluding carboxylic acids is 2. The highest BCUT2D eigenvalue weighted by atomic mass is 35.5. The zero-order valence-corrected chi connectivity index (χ0v) is 16.8. The summed E-state index contributed by atoms with van der Waals surface area (Å²) in [6, 6.07) is 7.45. The van der Waals surface area contributed by atoms with E-state index in [1.54, 1.807) is 4.90 Å². The molecule has 2 heterocycles. The number of hydrogen-bond acceptors (Lipinski definition) is 6. The molecular weight excluding hydrogens is 400 g/mol. The topological polar surface area (TPSA) is 90.5 Å². The molecule has 1 aromatic carbocycles. The molecule has 4 rings (SSSR count). The minimum Gasteiger partial charge on any atom is -0.368 e. The van der Waals surface area contributed by atoms with Gasteiger partial charge >= 0.3 is 6.03 Å². The summed E-state index contributed by atoms with van der Waals surface area (Å²) in [5.74, 6) is 0.206. The number of carbonyl (C=O) groups is 2. The fraction of sp³-hybridized carbons (Fsp3) is 0.444. The standard InChI is InChI=1S/C18H21ClN6O2S/c19-13-2-1-3-14(10-13)24-6-8-25(9-7-24)18(27)20-11-15(26)21-17-23-22-16(28-17)12-4-5-12/h1-3,10,12H,4-9,11H2,(H,20,27)(H,21,23,26). The quantitative estimate of drug-likeness (QED) is 0.775. The third kappa shape index (κ3) is 4.71. The number of aromatic nitrogens is 2. The van der Waals surface area contributed by atoms with Crippen LogP contribution < -0.4 is 15.5 Å². The predicted molar refractivity (Wildman–Crippen MR) is 109 cm³/mol. The lowest BCUT2D eigenvalue weighted by Crippen LogP contribution is -2.52. The third-order valence-electron chi connectivity index (χ3n) is 4.75. The highest BCUT2D eigenvalue weighted by Gasteiger charge is 2.28. The number of nitrogens with zero attached hydrogens (tertiary/aromatic N) is 4. The van der Waals surface area contributed by atoms with E-state index in [-0.39, 0.29) is 18.5 Å². The average Bonchev–Trinajstić information content (AvgIpc) is 3.46. The molecule has 0 radical (unpaired) electrons. The Bertz CT molecular complexity index is 863. The number of hydrogen-bond donors (Lipinski definition) is 2. The van der Waals surface area contributed by atoms with Gasteiger partial charge in [-0.3, -0.25) is 10.1 Å². The number of rotatable bonds is 5. The van der Waals surface area contributed by atoms with Gasteiger partial charge in [-0.15, -0.1) is 10.2 Å². The van der Waals surface area contributed by atoms with Crippen LogP contribution in [0.3, 0.4) is 0 Å². The van der Waals surface area contributed by atoms with Crippen LogP contribution in [0.1, 0.15) is 23.8 Å². The van der Waals surface area contributed by atoms with Crippen LogP contribution in [-0.4, -0.2) is 59.8 Å². The van der Waals surface area contributed by atoms with Crippen LogP contribution in [0, 0.1) is 0 Å². The molecule has 2 N–H and O–H groups in total. The highest BCUT2D eigenvalue weighted by Crippen LogP contribution is 2.41. The number of piperazine rings is 1. The second kappa shape index (κ2) is 8.32. The van der Waals surface area contributed by atoms with Crippen LogP contribution in [0.4, 0.5) is 15.6 Å². The van der Waals surface area contributed by atoms with Gasteiger partial charge < -0.3 is 15.1 Å². The molecule has 148 valence electrons. The van der Waals surface area contributed by atoms with Crippen LogP contribution in [0.15, 0.2) is 24.3 Å². The molecule has 28 heavy (non-hydrogen) atoms. The monoisotopic (exact) mass is 420 g/mol. The summed E-state index contributed by atoms with van der Waals surface area (Å²) in [6.07, 6.45) is 2.28. The van der Waals surface area contributed by atoms with Crippen LogP contribution in [0.25, 0.3) is 0 Å². The molecule has 2 aromatic rings. The van der Waals surface area contributed by atoms with E-state index in [1.807, 2.05) is 24.3 Å². The second-order valence-corrected chi connectivity index (χ2v) is 8.33. The van der Waals surface area contributed by atoms with E-state index in [9.17, 15) is 9.59 Å². The Morgan fingerprint density at radius 2 is 1.96 bits per heavy atom. The van der Waals surface area contributed by atoms with Crippen molar-refractivity contribution >= 4 is 45.7 Å². The lowest BCUT2D eigenvalue weighted by molar-refractivity contribution is -0.115. The zero-order valence-electron chi connectivity index (χ0n) is 15.2. The Morgan fingerprint density at radius 3 is 2.68 bits per heavy atom. The van der Waals surface area contributed by atoms with Crippen molar-refractivity contribution in [3.8, 4) is 0 Å². The molecular formula is C18H21ClN6O2S. The van der Waals surface area contributed by atoms with Gasteiger partial charge in [0.25, 0.3) is 0 Å². The lowest BCUT2D eigenvalue weighted by Gasteiger charge is -2.36. The van der Waals surface area contributed by atoms with Gasteiger partial charge in [-0.1, -0.05) is 29.0 Å². The van der Waals surface area contributed by atoms with E-state index in [0.717, 1.165) is 23.5 Å². The summed E-state index contributed by atoms with van der Waals surface area (Å²) in [4.78, 5) is 28.3. The van der Waals surface area contributed by atoms with Crippen LogP contribution in [0.2, 0.25) is 5.02 Å². The fourth-order valence-corrected chi connectivity index (χ4v) is 4.17. The fourth-order valence-electron chi connectivity index (χ4n) is 3.05. The second-order valence-electron chi connectivity index (χ2n) is 6.88. The summed E-state index contributed by atoms with van der Waals surface area (Å²) in [5, 5.41) is 15.6. The molecule has 0 atom stereocenters. The SMILES string of the molecule is O=C(CNC(=O)N1CCN(c2cccc(Cl)c2)CC1)Nc1nnc(C2CC2)s1. The van der Waals surface area contributed by atoms with Gasteiger partial charge in [-0.05, 0) is 31.0 Å². The smallest absolute Gasteiger partial charge is 0.317 e.